The molecule has 3 heteroatoms. The number of rotatable bonds is 1. The largest absolute Gasteiger partial charge is 0.478 e. The van der Waals surface area contributed by atoms with Gasteiger partial charge in [-0.25, -0.2) is 0 Å². The topological polar surface area (TPSA) is 12.5 Å². The molecule has 0 aromatic heterocycles. The van der Waals surface area contributed by atoms with Crippen LogP contribution in [0.25, 0.3) is 0 Å². The fourth-order valence-electron chi connectivity index (χ4n) is 0.767. The second kappa shape index (κ2) is 3.08. The van der Waals surface area contributed by atoms with Crippen molar-refractivity contribution in [1.29, 1.82) is 0 Å². The monoisotopic (exact) mass is 159 g/mol. The van der Waals surface area contributed by atoms with Crippen molar-refractivity contribution in [3.63, 3.8) is 0 Å². The van der Waals surface area contributed by atoms with Crippen molar-refractivity contribution in [2.24, 2.45) is 0 Å². The highest BCUT2D eigenvalue weighted by Crippen LogP contribution is 2.17. The van der Waals surface area contributed by atoms with Crippen LogP contribution in [-0.4, -0.2) is 25.2 Å². The van der Waals surface area contributed by atoms with Crippen LogP contribution in [0.4, 0.5) is 0 Å². The van der Waals surface area contributed by atoms with Crippen molar-refractivity contribution in [1.82, 2.24) is 4.90 Å². The van der Waals surface area contributed by atoms with E-state index in [1.165, 1.54) is 0 Å². The third kappa shape index (κ3) is 1.52. The molecule has 1 unspecified atom stereocenters. The Kier molecular flexibility index (Phi) is 2.35. The highest BCUT2D eigenvalue weighted by Gasteiger charge is 2.16. The Morgan fingerprint density at radius 2 is 2.30 bits per heavy atom. The van der Waals surface area contributed by atoms with Crippen LogP contribution < -0.4 is 0 Å². The third-order valence-corrected chi connectivity index (χ3v) is 1.56. The molecule has 0 amide bonds. The molecule has 0 aromatic rings. The normalized spacial score (nSPS) is 24.4. The van der Waals surface area contributed by atoms with Crippen LogP contribution in [0.15, 0.2) is 23.4 Å². The number of nitrogens with zero attached hydrogens (tertiary/aromatic N) is 1. The first-order valence-electron chi connectivity index (χ1n) is 3.06. The summed E-state index contributed by atoms with van der Waals surface area (Å²) in [7, 11) is 3.83. The maximum atomic E-state index is 5.82. The van der Waals surface area contributed by atoms with Crippen LogP contribution in [0.5, 0.6) is 0 Å². The molecule has 0 aliphatic carbocycles. The molecule has 10 heavy (non-hydrogen) atoms. The van der Waals surface area contributed by atoms with Gasteiger partial charge >= 0.3 is 0 Å². The zero-order chi connectivity index (χ0) is 7.56. The maximum absolute atomic E-state index is 5.82. The van der Waals surface area contributed by atoms with Gasteiger partial charge < -0.3 is 4.74 Å². The van der Waals surface area contributed by atoms with Crippen molar-refractivity contribution >= 4 is 11.6 Å². The van der Waals surface area contributed by atoms with Gasteiger partial charge in [-0.05, 0) is 26.2 Å². The molecular formula is C7H10ClNO. The molecule has 0 N–H and O–H groups in total. The molecule has 1 aliphatic rings. The van der Waals surface area contributed by atoms with Gasteiger partial charge in [0.2, 0.25) is 0 Å². The Labute approximate surface area is 65.7 Å². The lowest BCUT2D eigenvalue weighted by molar-refractivity contribution is 0.0580. The summed E-state index contributed by atoms with van der Waals surface area (Å²) in [4.78, 5) is 1.91. The average molecular weight is 160 g/mol. The number of halogens is 1. The second-order valence-corrected chi connectivity index (χ2v) is 2.77. The van der Waals surface area contributed by atoms with Gasteiger partial charge in [-0.1, -0.05) is 11.6 Å². The molecule has 0 saturated carbocycles. The van der Waals surface area contributed by atoms with Crippen molar-refractivity contribution in [2.75, 3.05) is 14.1 Å². The number of hydrogen-bond acceptors (Lipinski definition) is 2. The average Bonchev–Trinajstić information content (AvgIpc) is 1.88. The van der Waals surface area contributed by atoms with Crippen molar-refractivity contribution in [3.8, 4) is 0 Å². The van der Waals surface area contributed by atoms with Gasteiger partial charge in [0.25, 0.3) is 0 Å². The van der Waals surface area contributed by atoms with E-state index in [4.69, 9.17) is 16.3 Å². The van der Waals surface area contributed by atoms with Gasteiger partial charge in [0, 0.05) is 0 Å². The molecule has 1 rings (SSSR count). The Morgan fingerprint density at radius 3 is 2.70 bits per heavy atom. The molecule has 2 nitrogen and oxygen atoms in total. The lowest BCUT2D eigenvalue weighted by Gasteiger charge is -2.24. The summed E-state index contributed by atoms with van der Waals surface area (Å²) in [5, 5.41) is 0.715. The van der Waals surface area contributed by atoms with Crippen molar-refractivity contribution in [2.45, 2.75) is 6.23 Å². The van der Waals surface area contributed by atoms with Crippen molar-refractivity contribution in [3.05, 3.63) is 23.4 Å². The van der Waals surface area contributed by atoms with Crippen LogP contribution in [0.1, 0.15) is 0 Å². The van der Waals surface area contributed by atoms with Crippen LogP contribution in [0.3, 0.4) is 0 Å². The van der Waals surface area contributed by atoms with E-state index in [0.717, 1.165) is 0 Å². The van der Waals surface area contributed by atoms with E-state index in [0.29, 0.717) is 5.03 Å². The number of likely N-dealkylation sites (N-methyl/N-ethyl adjacent to an activating group) is 1. The Hall–Kier alpha value is -0.470. The standard InChI is InChI=1S/C7H10ClNO/c1-9(2)7-6(8)4-3-5-10-7/h3-5,7H,1-2H3. The zero-order valence-electron chi connectivity index (χ0n) is 6.04. The van der Waals surface area contributed by atoms with E-state index < -0.39 is 0 Å². The van der Waals surface area contributed by atoms with E-state index in [-0.39, 0.29) is 6.23 Å². The summed E-state index contributed by atoms with van der Waals surface area (Å²) < 4.78 is 5.20. The number of hydrogen-bond donors (Lipinski definition) is 0. The van der Waals surface area contributed by atoms with Crippen LogP contribution in [-0.2, 0) is 4.74 Å². The summed E-state index contributed by atoms with van der Waals surface area (Å²) >= 11 is 5.82. The van der Waals surface area contributed by atoms with Gasteiger partial charge in [0.15, 0.2) is 6.23 Å². The quantitative estimate of drug-likeness (QED) is 0.576. The first-order valence-corrected chi connectivity index (χ1v) is 3.43. The molecular weight excluding hydrogens is 150 g/mol. The molecule has 0 fully saturated rings. The highest BCUT2D eigenvalue weighted by atomic mass is 35.5. The van der Waals surface area contributed by atoms with E-state index in [1.54, 1.807) is 12.3 Å². The minimum absolute atomic E-state index is 0.105. The fraction of sp³-hybridized carbons (Fsp3) is 0.429. The molecule has 1 aliphatic heterocycles. The number of allylic oxidation sites excluding steroid dienone is 2. The molecule has 1 atom stereocenters. The van der Waals surface area contributed by atoms with E-state index in [2.05, 4.69) is 0 Å². The van der Waals surface area contributed by atoms with Crippen LogP contribution >= 0.6 is 11.6 Å². The minimum Gasteiger partial charge on any atom is -0.478 e. The first-order chi connectivity index (χ1) is 4.72. The van der Waals surface area contributed by atoms with Crippen molar-refractivity contribution < 1.29 is 4.74 Å². The van der Waals surface area contributed by atoms with E-state index in [1.807, 2.05) is 25.1 Å². The Balaban J connectivity index is 2.64. The molecule has 56 valence electrons. The zero-order valence-corrected chi connectivity index (χ0v) is 6.80. The molecule has 0 bridgehead atoms. The second-order valence-electron chi connectivity index (χ2n) is 2.33. The fourth-order valence-corrected chi connectivity index (χ4v) is 1.09. The molecule has 0 radical (unpaired) electrons. The molecule has 1 heterocycles. The van der Waals surface area contributed by atoms with E-state index >= 15 is 0 Å². The Bertz CT molecular complexity index is 174. The molecule has 0 aromatic carbocycles. The van der Waals surface area contributed by atoms with Crippen LogP contribution in [0.2, 0.25) is 0 Å². The molecule has 0 spiro atoms. The minimum atomic E-state index is -0.105. The van der Waals surface area contributed by atoms with Gasteiger partial charge in [0.1, 0.15) is 0 Å². The first kappa shape index (κ1) is 7.63. The predicted molar refractivity (Wildman–Crippen MR) is 41.6 cm³/mol. The lowest BCUT2D eigenvalue weighted by atomic mass is 10.4. The summed E-state index contributed by atoms with van der Waals surface area (Å²) in [5.41, 5.74) is 0. The summed E-state index contributed by atoms with van der Waals surface area (Å²) in [6, 6.07) is 0. The summed E-state index contributed by atoms with van der Waals surface area (Å²) in [5.74, 6) is 0. The summed E-state index contributed by atoms with van der Waals surface area (Å²) in [6.07, 6.45) is 5.14. The van der Waals surface area contributed by atoms with Gasteiger partial charge in [-0.2, -0.15) is 0 Å². The van der Waals surface area contributed by atoms with Gasteiger partial charge in [-0.3, -0.25) is 4.90 Å². The maximum Gasteiger partial charge on any atom is 0.188 e. The van der Waals surface area contributed by atoms with Crippen LogP contribution in [0, 0.1) is 0 Å². The number of ether oxygens (including phenoxy) is 1. The Morgan fingerprint density at radius 1 is 1.60 bits per heavy atom. The smallest absolute Gasteiger partial charge is 0.188 e. The summed E-state index contributed by atoms with van der Waals surface area (Å²) in [6.45, 7) is 0. The van der Waals surface area contributed by atoms with Gasteiger partial charge in [0.05, 0.1) is 11.3 Å². The molecule has 0 saturated heterocycles. The lowest BCUT2D eigenvalue weighted by Crippen LogP contribution is -2.30. The van der Waals surface area contributed by atoms with Gasteiger partial charge in [-0.15, -0.1) is 0 Å². The predicted octanol–water partition coefficient (Wildman–Crippen LogP) is 1.54. The highest BCUT2D eigenvalue weighted by molar-refractivity contribution is 6.30. The third-order valence-electron chi connectivity index (χ3n) is 1.25. The SMILES string of the molecule is CN(C)C1OC=CC=C1Cl. The van der Waals surface area contributed by atoms with E-state index in [9.17, 15) is 0 Å².